The lowest BCUT2D eigenvalue weighted by molar-refractivity contribution is -0.122. The van der Waals surface area contributed by atoms with Crippen LogP contribution in [0.1, 0.15) is 48.2 Å². The average molecular weight is 968 g/mol. The van der Waals surface area contributed by atoms with Crippen LogP contribution in [0.4, 0.5) is 0 Å². The second kappa shape index (κ2) is 21.5. The molecule has 21 nitrogen and oxygen atoms in total. The van der Waals surface area contributed by atoms with Crippen LogP contribution in [0.3, 0.4) is 0 Å². The number of hydroxylamine groups is 2. The van der Waals surface area contributed by atoms with Crippen LogP contribution in [-0.4, -0.2) is 109 Å². The van der Waals surface area contributed by atoms with Crippen LogP contribution in [0.25, 0.3) is 33.4 Å². The van der Waals surface area contributed by atoms with E-state index in [9.17, 15) is 5.11 Å². The topological polar surface area (TPSA) is 240 Å². The number of nitrogens with zero attached hydrogens (tertiary/aromatic N) is 12. The number of aliphatic hydroxyl groups is 1. The molecule has 0 bridgehead atoms. The van der Waals surface area contributed by atoms with Crippen LogP contribution in [0.15, 0.2) is 102 Å². The van der Waals surface area contributed by atoms with E-state index in [0.29, 0.717) is 44.9 Å². The maximum atomic E-state index is 9.75. The molecule has 0 aromatic carbocycles. The first-order valence-electron chi connectivity index (χ1n) is 20.8. The van der Waals surface area contributed by atoms with Crippen LogP contribution in [0.2, 0.25) is 10.0 Å². The number of methoxy groups -OCH3 is 2. The monoisotopic (exact) mass is 966 g/mol. The number of imidazole rings is 2. The number of aromatic nitrogens is 10. The maximum Gasteiger partial charge on any atom is 0.290 e. The maximum absolute atomic E-state index is 9.75. The number of aliphatic imine (C=N–C) groups is 2. The summed E-state index contributed by atoms with van der Waals surface area (Å²) in [5, 5.41) is 19.9. The molecule has 2 aliphatic rings. The molecule has 354 valence electrons. The number of hydrogen-bond acceptors (Lipinski definition) is 16. The van der Waals surface area contributed by atoms with Gasteiger partial charge in [0.15, 0.2) is 17.9 Å². The van der Waals surface area contributed by atoms with Crippen LogP contribution in [0, 0.1) is 13.8 Å². The molecule has 0 saturated heterocycles. The van der Waals surface area contributed by atoms with Crippen molar-refractivity contribution >= 4 is 63.4 Å². The molecular formula is C45H48Cl2N14O7. The Morgan fingerprint density at radius 3 is 1.78 bits per heavy atom. The largest absolute Gasteiger partial charge is 0.483 e. The average Bonchev–Trinajstić information content (AvgIpc) is 4.14. The van der Waals surface area contributed by atoms with E-state index in [2.05, 4.69) is 45.9 Å². The summed E-state index contributed by atoms with van der Waals surface area (Å²) >= 11 is 12.0. The van der Waals surface area contributed by atoms with Crippen molar-refractivity contribution in [3.8, 4) is 23.1 Å². The fraction of sp³-hybridized carbons (Fsp3) is 0.267. The van der Waals surface area contributed by atoms with Crippen molar-refractivity contribution in [2.24, 2.45) is 24.1 Å². The number of ether oxygens (including phenoxy) is 2. The molecule has 8 aromatic rings. The van der Waals surface area contributed by atoms with Crippen molar-refractivity contribution in [3.63, 3.8) is 0 Å². The number of aliphatic hydroxyl groups excluding tert-OH is 1. The molecule has 0 spiro atoms. The highest BCUT2D eigenvalue weighted by atomic mass is 35.5. The normalized spacial score (nSPS) is 17.5. The number of aryl methyl sites for hydroxylation is 4. The van der Waals surface area contributed by atoms with Crippen molar-refractivity contribution in [2.75, 3.05) is 14.2 Å². The Labute approximate surface area is 399 Å². The van der Waals surface area contributed by atoms with Gasteiger partial charge in [-0.25, -0.2) is 45.9 Å². The van der Waals surface area contributed by atoms with Gasteiger partial charge in [-0.15, -0.1) is 0 Å². The van der Waals surface area contributed by atoms with Gasteiger partial charge in [-0.3, -0.25) is 19.5 Å². The summed E-state index contributed by atoms with van der Waals surface area (Å²) < 4.78 is 18.5. The highest BCUT2D eigenvalue weighted by molar-refractivity contribution is 6.31. The number of rotatable bonds is 7. The zero-order valence-corrected chi connectivity index (χ0v) is 39.6. The Balaban J connectivity index is 0.000000163. The predicted molar refractivity (Wildman–Crippen MR) is 255 cm³/mol. The number of amidine groups is 2. The summed E-state index contributed by atoms with van der Waals surface area (Å²) in [7, 11) is 7.04. The molecule has 2 aliphatic heterocycles. The second-order valence-corrected chi connectivity index (χ2v) is 16.1. The van der Waals surface area contributed by atoms with Crippen LogP contribution < -0.4 is 20.4 Å². The molecule has 0 aliphatic carbocycles. The number of carboxylic acid groups (broad SMARTS) is 1. The third-order valence-corrected chi connectivity index (χ3v) is 10.8. The predicted octanol–water partition coefficient (Wildman–Crippen LogP) is 6.04. The van der Waals surface area contributed by atoms with Gasteiger partial charge >= 0.3 is 0 Å². The van der Waals surface area contributed by atoms with E-state index >= 15 is 0 Å². The Morgan fingerprint density at radius 2 is 1.25 bits per heavy atom. The minimum Gasteiger partial charge on any atom is -0.483 e. The molecule has 4 atom stereocenters. The third-order valence-electron chi connectivity index (χ3n) is 10.4. The Bertz CT molecular complexity index is 3110. The van der Waals surface area contributed by atoms with Crippen molar-refractivity contribution in [2.45, 2.75) is 52.2 Å². The Morgan fingerprint density at radius 1 is 0.721 bits per heavy atom. The van der Waals surface area contributed by atoms with Gasteiger partial charge in [-0.05, 0) is 70.2 Å². The number of carbonyl (C=O) groups is 1. The number of pyridine rings is 4. The van der Waals surface area contributed by atoms with Gasteiger partial charge in [-0.2, -0.15) is 0 Å². The van der Waals surface area contributed by atoms with E-state index in [-0.39, 0.29) is 18.6 Å². The number of hydrogen-bond donors (Lipinski definition) is 4. The van der Waals surface area contributed by atoms with E-state index in [1.54, 1.807) is 52.3 Å². The number of nitrogens with one attached hydrogen (secondary N) is 2. The molecule has 23 heteroatoms. The lowest BCUT2D eigenvalue weighted by atomic mass is 10.0. The van der Waals surface area contributed by atoms with Crippen LogP contribution in [-0.2, 0) is 28.6 Å². The quantitative estimate of drug-likeness (QED) is 0.133. The number of fused-ring (bicyclic) bond motifs is 2. The standard InChI is InChI=1S/C22H22ClN7O2.C14H17N5O3.C8H7ClN2.CH2O2/c1-12-9-30(11-25-12)18-6-5-17(26-22(18)31-4)20-27-19(13(2)32-28-20)16-10-29(3)21-15(16)7-14(23)8-24-21;1-8-6-19(7-15-8)11-5-4-10(16-14(11)21-3)12-17-13(20)9(2)22-18-12;1-11-3-2-6-4-7(9)5-10-8(6)11;2-1-3/h5-11,13,19H,1-4H3,(H,27,28);4-7,9,13,20H,1-3H3,(H,17,18);2-5H,1H3;1H,(H,2,3). The summed E-state index contributed by atoms with van der Waals surface area (Å²) in [4.78, 5) is 54.6. The summed E-state index contributed by atoms with van der Waals surface area (Å²) in [6, 6.07) is 12.9. The van der Waals surface area contributed by atoms with Gasteiger partial charge in [-0.1, -0.05) is 23.2 Å². The van der Waals surface area contributed by atoms with Crippen molar-refractivity contribution < 1.29 is 34.2 Å². The molecule has 0 fully saturated rings. The van der Waals surface area contributed by atoms with Crippen LogP contribution >= 0.6 is 23.2 Å². The lowest BCUT2D eigenvalue weighted by Crippen LogP contribution is -2.41. The Hall–Kier alpha value is -7.43. The molecular weight excluding hydrogens is 919 g/mol. The second-order valence-electron chi connectivity index (χ2n) is 15.3. The van der Waals surface area contributed by atoms with Gasteiger partial charge in [0.2, 0.25) is 11.8 Å². The van der Waals surface area contributed by atoms with E-state index in [1.807, 2.05) is 114 Å². The Kier molecular flexibility index (Phi) is 15.3. The van der Waals surface area contributed by atoms with Crippen molar-refractivity contribution in [1.82, 2.24) is 59.1 Å². The summed E-state index contributed by atoms with van der Waals surface area (Å²) in [5.74, 6) is 1.76. The molecule has 68 heavy (non-hydrogen) atoms. The van der Waals surface area contributed by atoms with Crippen molar-refractivity contribution in [3.05, 3.63) is 131 Å². The third kappa shape index (κ3) is 10.9. The van der Waals surface area contributed by atoms with E-state index < -0.39 is 12.3 Å². The lowest BCUT2D eigenvalue weighted by Gasteiger charge is -2.27. The zero-order valence-electron chi connectivity index (χ0n) is 38.1. The summed E-state index contributed by atoms with van der Waals surface area (Å²) in [6.07, 6.45) is 12.9. The van der Waals surface area contributed by atoms with Crippen molar-refractivity contribution in [1.29, 1.82) is 0 Å². The molecule has 0 saturated carbocycles. The smallest absolute Gasteiger partial charge is 0.290 e. The van der Waals surface area contributed by atoms with Gasteiger partial charge < -0.3 is 38.0 Å². The molecule has 4 N–H and O–H groups in total. The van der Waals surface area contributed by atoms with E-state index in [4.69, 9.17) is 57.2 Å². The molecule has 10 rings (SSSR count). The van der Waals surface area contributed by atoms with Gasteiger partial charge in [0.05, 0.1) is 48.3 Å². The van der Waals surface area contributed by atoms with E-state index in [0.717, 1.165) is 50.4 Å². The highest BCUT2D eigenvalue weighted by Crippen LogP contribution is 2.34. The zero-order chi connectivity index (χ0) is 48.6. The highest BCUT2D eigenvalue weighted by Gasteiger charge is 2.30. The fourth-order valence-corrected chi connectivity index (χ4v) is 7.40. The number of halogens is 2. The molecule has 0 radical (unpaired) electrons. The molecule has 10 heterocycles. The summed E-state index contributed by atoms with van der Waals surface area (Å²) in [5.41, 5.74) is 12.9. The van der Waals surface area contributed by atoms with Gasteiger partial charge in [0.1, 0.15) is 52.3 Å². The minimum absolute atomic E-state index is 0.210. The van der Waals surface area contributed by atoms with E-state index in [1.165, 1.54) is 0 Å². The molecule has 4 unspecified atom stereocenters. The van der Waals surface area contributed by atoms with Crippen LogP contribution in [0.5, 0.6) is 11.8 Å². The molecule has 0 amide bonds. The first-order valence-corrected chi connectivity index (χ1v) is 21.5. The first-order chi connectivity index (χ1) is 32.7. The van der Waals surface area contributed by atoms with Gasteiger partial charge in [0, 0.05) is 67.6 Å². The fourth-order valence-electron chi connectivity index (χ4n) is 7.07. The minimum atomic E-state index is -0.931. The molecule has 8 aromatic heterocycles. The summed E-state index contributed by atoms with van der Waals surface area (Å²) in [6.45, 7) is 7.27. The van der Waals surface area contributed by atoms with Gasteiger partial charge in [0.25, 0.3) is 6.47 Å². The SMILES string of the molecule is COc1nc(C2=NC(O)C(C)ON2)ccc1-n1cnc(C)c1.COc1nc(C2=NC(c3cn(C)c4ncc(Cl)cc34)C(C)ON2)ccc1-n1cnc(C)c1.Cn1ccc2cc(Cl)cnc21.O=CO. The first kappa shape index (κ1) is 48.5.